The van der Waals surface area contributed by atoms with Crippen LogP contribution in [0.3, 0.4) is 0 Å². The van der Waals surface area contributed by atoms with Gasteiger partial charge in [-0.15, -0.1) is 0 Å². The van der Waals surface area contributed by atoms with E-state index in [4.69, 9.17) is 9.47 Å². The van der Waals surface area contributed by atoms with Crippen LogP contribution in [0.15, 0.2) is 42.6 Å². The summed E-state index contributed by atoms with van der Waals surface area (Å²) in [7, 11) is 0. The number of aromatic nitrogens is 1. The minimum absolute atomic E-state index is 0.00845. The highest BCUT2D eigenvalue weighted by Gasteiger charge is 2.19. The first-order chi connectivity index (χ1) is 13.0. The standard InChI is InChI=1S/C20H22N2O5/c1-3-26-18(24)12-17(23)22-16-11-15(10-14-8-6-5-7-9-14)13-21-19(16)20(25)27-4-2/h5-9,11,13H,3-4,10,12H2,1-2H3,(H,22,23). The zero-order valence-electron chi connectivity index (χ0n) is 15.4. The Morgan fingerprint density at radius 3 is 2.37 bits per heavy atom. The number of hydrogen-bond donors (Lipinski definition) is 1. The number of amides is 1. The van der Waals surface area contributed by atoms with Gasteiger partial charge in [-0.25, -0.2) is 9.78 Å². The molecule has 27 heavy (non-hydrogen) atoms. The molecule has 1 aromatic heterocycles. The van der Waals surface area contributed by atoms with Gasteiger partial charge < -0.3 is 14.8 Å². The zero-order chi connectivity index (χ0) is 19.6. The Morgan fingerprint density at radius 2 is 1.70 bits per heavy atom. The van der Waals surface area contributed by atoms with Gasteiger partial charge in [-0.2, -0.15) is 0 Å². The van der Waals surface area contributed by atoms with Crippen LogP contribution in [0, 0.1) is 0 Å². The molecule has 1 amide bonds. The van der Waals surface area contributed by atoms with Crippen molar-refractivity contribution in [2.24, 2.45) is 0 Å². The van der Waals surface area contributed by atoms with Crippen LogP contribution in [-0.4, -0.2) is 36.0 Å². The van der Waals surface area contributed by atoms with Gasteiger partial charge in [-0.05, 0) is 37.5 Å². The Labute approximate surface area is 157 Å². The Balaban J connectivity index is 2.23. The van der Waals surface area contributed by atoms with Crippen molar-refractivity contribution in [3.8, 4) is 0 Å². The number of ether oxygens (including phenoxy) is 2. The third kappa shape index (κ3) is 6.22. The molecular formula is C20H22N2O5. The van der Waals surface area contributed by atoms with Crippen LogP contribution in [-0.2, 0) is 25.5 Å². The first kappa shape index (κ1) is 20.1. The monoisotopic (exact) mass is 370 g/mol. The minimum atomic E-state index is -0.643. The summed E-state index contributed by atoms with van der Waals surface area (Å²) in [6.45, 7) is 3.71. The SMILES string of the molecule is CCOC(=O)CC(=O)Nc1cc(Cc2ccccc2)cnc1C(=O)OCC. The highest BCUT2D eigenvalue weighted by Crippen LogP contribution is 2.19. The van der Waals surface area contributed by atoms with Crippen molar-refractivity contribution in [3.63, 3.8) is 0 Å². The quantitative estimate of drug-likeness (QED) is 0.567. The lowest BCUT2D eigenvalue weighted by atomic mass is 10.1. The number of carbonyl (C=O) groups is 3. The van der Waals surface area contributed by atoms with Gasteiger partial charge in [-0.3, -0.25) is 9.59 Å². The molecule has 7 nitrogen and oxygen atoms in total. The van der Waals surface area contributed by atoms with E-state index in [1.807, 2.05) is 30.3 Å². The molecule has 0 unspecified atom stereocenters. The molecule has 0 atom stereocenters. The van der Waals surface area contributed by atoms with Crippen LogP contribution in [0.1, 0.15) is 41.9 Å². The predicted octanol–water partition coefficient (Wildman–Crippen LogP) is 2.74. The number of nitrogens with one attached hydrogen (secondary N) is 1. The number of hydrogen-bond acceptors (Lipinski definition) is 6. The first-order valence-corrected chi connectivity index (χ1v) is 8.68. The Kier molecular flexibility index (Phi) is 7.49. The van der Waals surface area contributed by atoms with Crippen molar-refractivity contribution in [2.45, 2.75) is 26.7 Å². The fourth-order valence-electron chi connectivity index (χ4n) is 2.43. The summed E-state index contributed by atoms with van der Waals surface area (Å²) < 4.78 is 9.75. The van der Waals surface area contributed by atoms with Gasteiger partial charge in [0, 0.05) is 6.20 Å². The Bertz CT molecular complexity index is 805. The fourth-order valence-corrected chi connectivity index (χ4v) is 2.43. The maximum absolute atomic E-state index is 12.1. The van der Waals surface area contributed by atoms with E-state index in [1.165, 1.54) is 0 Å². The number of pyridine rings is 1. The van der Waals surface area contributed by atoms with Crippen LogP contribution >= 0.6 is 0 Å². The average Bonchev–Trinajstić information content (AvgIpc) is 2.63. The van der Waals surface area contributed by atoms with Crippen molar-refractivity contribution < 1.29 is 23.9 Å². The van der Waals surface area contributed by atoms with Crippen molar-refractivity contribution in [3.05, 3.63) is 59.4 Å². The number of esters is 2. The molecule has 0 aliphatic rings. The molecule has 0 bridgehead atoms. The van der Waals surface area contributed by atoms with E-state index in [1.54, 1.807) is 26.1 Å². The lowest BCUT2D eigenvalue weighted by molar-refractivity contribution is -0.145. The highest BCUT2D eigenvalue weighted by atomic mass is 16.5. The number of nitrogens with zero attached hydrogens (tertiary/aromatic N) is 1. The zero-order valence-corrected chi connectivity index (χ0v) is 15.4. The molecule has 0 aliphatic heterocycles. The van der Waals surface area contributed by atoms with Crippen LogP contribution in [0.25, 0.3) is 0 Å². The summed E-state index contributed by atoms with van der Waals surface area (Å²) in [5.74, 6) is -1.87. The topological polar surface area (TPSA) is 94.6 Å². The van der Waals surface area contributed by atoms with Crippen molar-refractivity contribution in [1.29, 1.82) is 0 Å². The molecule has 142 valence electrons. The predicted molar refractivity (Wildman–Crippen MR) is 99.3 cm³/mol. The second-order valence-electron chi connectivity index (χ2n) is 5.65. The number of carbonyl (C=O) groups excluding carboxylic acids is 3. The third-order valence-electron chi connectivity index (χ3n) is 3.55. The van der Waals surface area contributed by atoms with E-state index in [0.29, 0.717) is 6.42 Å². The summed E-state index contributed by atoms with van der Waals surface area (Å²) in [5.41, 5.74) is 2.06. The van der Waals surface area contributed by atoms with Crippen LogP contribution in [0.2, 0.25) is 0 Å². The van der Waals surface area contributed by atoms with E-state index in [0.717, 1.165) is 11.1 Å². The highest BCUT2D eigenvalue weighted by molar-refractivity contribution is 6.05. The number of benzene rings is 1. The summed E-state index contributed by atoms with van der Waals surface area (Å²) in [5, 5.41) is 2.56. The second kappa shape index (κ2) is 10.1. The lowest BCUT2D eigenvalue weighted by Crippen LogP contribution is -2.21. The van der Waals surface area contributed by atoms with Crippen LogP contribution in [0.5, 0.6) is 0 Å². The van der Waals surface area contributed by atoms with Crippen LogP contribution < -0.4 is 5.32 Å². The van der Waals surface area contributed by atoms with Crippen molar-refractivity contribution in [2.75, 3.05) is 18.5 Å². The van der Waals surface area contributed by atoms with E-state index >= 15 is 0 Å². The number of anilines is 1. The molecule has 0 fully saturated rings. The smallest absolute Gasteiger partial charge is 0.359 e. The molecule has 0 aliphatic carbocycles. The average molecular weight is 370 g/mol. The molecule has 7 heteroatoms. The molecule has 1 aromatic carbocycles. The largest absolute Gasteiger partial charge is 0.466 e. The number of rotatable bonds is 8. The van der Waals surface area contributed by atoms with Gasteiger partial charge >= 0.3 is 11.9 Å². The summed E-state index contributed by atoms with van der Waals surface area (Å²) in [4.78, 5) is 39.9. The van der Waals surface area contributed by atoms with Gasteiger partial charge in [0.05, 0.1) is 18.9 Å². The van der Waals surface area contributed by atoms with Crippen molar-refractivity contribution in [1.82, 2.24) is 4.98 Å². The normalized spacial score (nSPS) is 10.1. The molecule has 1 N–H and O–H groups in total. The van der Waals surface area contributed by atoms with E-state index < -0.39 is 24.3 Å². The van der Waals surface area contributed by atoms with E-state index in [9.17, 15) is 14.4 Å². The Hall–Kier alpha value is -3.22. The van der Waals surface area contributed by atoms with E-state index in [2.05, 4.69) is 10.3 Å². The second-order valence-corrected chi connectivity index (χ2v) is 5.65. The lowest BCUT2D eigenvalue weighted by Gasteiger charge is -2.12. The molecule has 0 radical (unpaired) electrons. The molecule has 0 saturated heterocycles. The van der Waals surface area contributed by atoms with Gasteiger partial charge in [0.1, 0.15) is 6.42 Å². The first-order valence-electron chi connectivity index (χ1n) is 8.68. The van der Waals surface area contributed by atoms with Gasteiger partial charge in [-0.1, -0.05) is 30.3 Å². The molecule has 1 heterocycles. The molecule has 2 rings (SSSR count). The van der Waals surface area contributed by atoms with Gasteiger partial charge in [0.2, 0.25) is 5.91 Å². The maximum atomic E-state index is 12.1. The summed E-state index contributed by atoms with van der Waals surface area (Å²) in [6, 6.07) is 11.4. The van der Waals surface area contributed by atoms with Crippen molar-refractivity contribution >= 4 is 23.5 Å². The third-order valence-corrected chi connectivity index (χ3v) is 3.55. The van der Waals surface area contributed by atoms with Crippen LogP contribution in [0.4, 0.5) is 5.69 Å². The molecule has 0 saturated carbocycles. The fraction of sp³-hybridized carbons (Fsp3) is 0.300. The maximum Gasteiger partial charge on any atom is 0.359 e. The molecule has 2 aromatic rings. The molecule has 0 spiro atoms. The van der Waals surface area contributed by atoms with Gasteiger partial charge in [0.25, 0.3) is 0 Å². The Morgan fingerprint density at radius 1 is 1.00 bits per heavy atom. The summed E-state index contributed by atoms with van der Waals surface area (Å²) >= 11 is 0. The minimum Gasteiger partial charge on any atom is -0.466 e. The van der Waals surface area contributed by atoms with E-state index in [-0.39, 0.29) is 24.6 Å². The molecular weight excluding hydrogens is 348 g/mol. The summed E-state index contributed by atoms with van der Waals surface area (Å²) in [6.07, 6.45) is 1.71. The van der Waals surface area contributed by atoms with Gasteiger partial charge in [0.15, 0.2) is 5.69 Å².